The number of rotatable bonds is 5. The maximum Gasteiger partial charge on any atom is 0.154 e. The summed E-state index contributed by atoms with van der Waals surface area (Å²) in [5.41, 5.74) is 0.818. The van der Waals surface area contributed by atoms with E-state index in [9.17, 15) is 4.39 Å². The van der Waals surface area contributed by atoms with Gasteiger partial charge in [0.05, 0.1) is 10.0 Å². The van der Waals surface area contributed by atoms with Gasteiger partial charge in [-0.05, 0) is 44.2 Å². The van der Waals surface area contributed by atoms with Crippen LogP contribution in [-0.2, 0) is 0 Å². The van der Waals surface area contributed by atoms with Crippen LogP contribution in [0, 0.1) is 5.82 Å². The van der Waals surface area contributed by atoms with E-state index in [1.54, 1.807) is 18.2 Å². The molecule has 1 heterocycles. The summed E-state index contributed by atoms with van der Waals surface area (Å²) in [6, 6.07) is 7.87. The average Bonchev–Trinajstić information content (AvgIpc) is 2.46. The summed E-state index contributed by atoms with van der Waals surface area (Å²) in [7, 11) is 0. The molecule has 0 fully saturated rings. The maximum absolute atomic E-state index is 13.1. The zero-order valence-electron chi connectivity index (χ0n) is 11.8. The Hall–Kier alpha value is -1.52. The van der Waals surface area contributed by atoms with Crippen molar-refractivity contribution in [3.05, 3.63) is 46.2 Å². The van der Waals surface area contributed by atoms with Crippen LogP contribution in [-0.4, -0.2) is 18.1 Å². The smallest absolute Gasteiger partial charge is 0.154 e. The van der Waals surface area contributed by atoms with Gasteiger partial charge >= 0.3 is 0 Å². The number of aromatic nitrogens is 1. The Morgan fingerprint density at radius 2 is 1.81 bits per heavy atom. The zero-order valence-corrected chi connectivity index (χ0v) is 13.3. The summed E-state index contributed by atoms with van der Waals surface area (Å²) in [5, 5.41) is 4.02. The largest absolute Gasteiger partial charge is 0.369 e. The van der Waals surface area contributed by atoms with Crippen LogP contribution >= 0.6 is 23.2 Å². The predicted octanol–water partition coefficient (Wildman–Crippen LogP) is 5.12. The van der Waals surface area contributed by atoms with Gasteiger partial charge in [0.25, 0.3) is 0 Å². The van der Waals surface area contributed by atoms with Gasteiger partial charge in [-0.2, -0.15) is 0 Å². The molecule has 1 aromatic heterocycles. The van der Waals surface area contributed by atoms with E-state index < -0.39 is 0 Å². The molecule has 1 aromatic carbocycles. The maximum atomic E-state index is 13.1. The molecule has 0 aliphatic heterocycles. The van der Waals surface area contributed by atoms with Crippen molar-refractivity contribution in [2.24, 2.45) is 0 Å². The summed E-state index contributed by atoms with van der Waals surface area (Å²) < 4.78 is 13.1. The zero-order chi connectivity index (χ0) is 15.4. The fourth-order valence-corrected chi connectivity index (χ4v) is 2.54. The second-order valence-electron chi connectivity index (χ2n) is 4.38. The summed E-state index contributed by atoms with van der Waals surface area (Å²) in [5.74, 6) is 0.892. The predicted molar refractivity (Wildman–Crippen MR) is 87.5 cm³/mol. The number of anilines is 3. The van der Waals surface area contributed by atoms with Gasteiger partial charge < -0.3 is 10.2 Å². The van der Waals surface area contributed by atoms with Gasteiger partial charge in [-0.15, -0.1) is 0 Å². The SMILES string of the molecule is CCNc1nc(N(CC)c2ccc(F)cc2)c(Cl)cc1Cl. The van der Waals surface area contributed by atoms with Crippen LogP contribution in [0.5, 0.6) is 0 Å². The fraction of sp³-hybridized carbons (Fsp3) is 0.267. The Bertz CT molecular complexity index is 617. The molecule has 0 aliphatic carbocycles. The number of pyridine rings is 1. The van der Waals surface area contributed by atoms with E-state index in [2.05, 4.69) is 10.3 Å². The fourth-order valence-electron chi connectivity index (χ4n) is 2.01. The molecule has 0 radical (unpaired) electrons. The van der Waals surface area contributed by atoms with E-state index in [0.717, 1.165) is 5.69 Å². The normalized spacial score (nSPS) is 10.5. The summed E-state index contributed by atoms with van der Waals surface area (Å²) >= 11 is 12.4. The van der Waals surface area contributed by atoms with Crippen molar-refractivity contribution in [1.82, 2.24) is 4.98 Å². The minimum absolute atomic E-state index is 0.279. The number of hydrogen-bond donors (Lipinski definition) is 1. The lowest BCUT2D eigenvalue weighted by molar-refractivity contribution is 0.628. The van der Waals surface area contributed by atoms with Gasteiger partial charge in [-0.3, -0.25) is 0 Å². The van der Waals surface area contributed by atoms with Gasteiger partial charge in [0.15, 0.2) is 5.82 Å². The van der Waals surface area contributed by atoms with Gasteiger partial charge in [0.1, 0.15) is 11.6 Å². The molecule has 0 unspecified atom stereocenters. The van der Waals surface area contributed by atoms with Crippen LogP contribution in [0.25, 0.3) is 0 Å². The van der Waals surface area contributed by atoms with Crippen molar-refractivity contribution < 1.29 is 4.39 Å². The van der Waals surface area contributed by atoms with Crippen molar-refractivity contribution >= 4 is 40.5 Å². The van der Waals surface area contributed by atoms with Crippen LogP contribution < -0.4 is 10.2 Å². The van der Waals surface area contributed by atoms with E-state index in [1.807, 2.05) is 18.7 Å². The van der Waals surface area contributed by atoms with Crippen molar-refractivity contribution in [2.45, 2.75) is 13.8 Å². The Morgan fingerprint density at radius 3 is 2.38 bits per heavy atom. The van der Waals surface area contributed by atoms with Crippen LogP contribution in [0.2, 0.25) is 10.0 Å². The monoisotopic (exact) mass is 327 g/mol. The molecule has 21 heavy (non-hydrogen) atoms. The number of benzene rings is 1. The first-order valence-electron chi connectivity index (χ1n) is 6.69. The third kappa shape index (κ3) is 3.57. The van der Waals surface area contributed by atoms with E-state index >= 15 is 0 Å². The molecule has 1 N–H and O–H groups in total. The molecule has 112 valence electrons. The lowest BCUT2D eigenvalue weighted by atomic mass is 10.2. The molecule has 6 heteroatoms. The highest BCUT2D eigenvalue weighted by atomic mass is 35.5. The number of nitrogens with zero attached hydrogens (tertiary/aromatic N) is 2. The molecule has 0 spiro atoms. The molecule has 0 aliphatic rings. The van der Waals surface area contributed by atoms with Gasteiger partial charge in [-0.25, -0.2) is 9.37 Å². The van der Waals surface area contributed by atoms with Crippen LogP contribution in [0.4, 0.5) is 21.7 Å². The van der Waals surface area contributed by atoms with E-state index in [-0.39, 0.29) is 5.82 Å². The van der Waals surface area contributed by atoms with Crippen molar-refractivity contribution in [3.63, 3.8) is 0 Å². The number of halogens is 3. The second kappa shape index (κ2) is 6.96. The van der Waals surface area contributed by atoms with Crippen LogP contribution in [0.1, 0.15) is 13.8 Å². The molecule has 0 saturated heterocycles. The Kier molecular flexibility index (Phi) is 5.26. The lowest BCUT2D eigenvalue weighted by Crippen LogP contribution is -2.18. The van der Waals surface area contributed by atoms with Crippen molar-refractivity contribution in [3.8, 4) is 0 Å². The highest BCUT2D eigenvalue weighted by molar-refractivity contribution is 6.37. The quantitative estimate of drug-likeness (QED) is 0.826. The van der Waals surface area contributed by atoms with E-state index in [4.69, 9.17) is 23.2 Å². The summed E-state index contributed by atoms with van der Waals surface area (Å²) in [4.78, 5) is 6.39. The summed E-state index contributed by atoms with van der Waals surface area (Å²) in [6.45, 7) is 5.29. The highest BCUT2D eigenvalue weighted by Crippen LogP contribution is 2.34. The lowest BCUT2D eigenvalue weighted by Gasteiger charge is -2.24. The first-order valence-corrected chi connectivity index (χ1v) is 7.45. The first-order chi connectivity index (χ1) is 10.1. The van der Waals surface area contributed by atoms with E-state index in [1.165, 1.54) is 12.1 Å². The molecular formula is C15H16Cl2FN3. The Morgan fingerprint density at radius 1 is 1.14 bits per heavy atom. The van der Waals surface area contributed by atoms with Crippen molar-refractivity contribution in [2.75, 3.05) is 23.3 Å². The molecule has 0 bridgehead atoms. The van der Waals surface area contributed by atoms with Crippen molar-refractivity contribution in [1.29, 1.82) is 0 Å². The molecule has 2 aromatic rings. The topological polar surface area (TPSA) is 28.2 Å². The van der Waals surface area contributed by atoms with Gasteiger partial charge in [-0.1, -0.05) is 23.2 Å². The highest BCUT2D eigenvalue weighted by Gasteiger charge is 2.16. The number of hydrogen-bond acceptors (Lipinski definition) is 3. The Labute approximate surface area is 133 Å². The minimum atomic E-state index is -0.279. The summed E-state index contributed by atoms with van der Waals surface area (Å²) in [6.07, 6.45) is 0. The molecule has 0 amide bonds. The molecule has 2 rings (SSSR count). The molecular weight excluding hydrogens is 312 g/mol. The molecule has 3 nitrogen and oxygen atoms in total. The Balaban J connectivity index is 2.46. The van der Waals surface area contributed by atoms with Crippen LogP contribution in [0.15, 0.2) is 30.3 Å². The van der Waals surface area contributed by atoms with E-state index in [0.29, 0.717) is 34.8 Å². The van der Waals surface area contributed by atoms with Gasteiger partial charge in [0, 0.05) is 18.8 Å². The van der Waals surface area contributed by atoms with Crippen LogP contribution in [0.3, 0.4) is 0 Å². The van der Waals surface area contributed by atoms with Gasteiger partial charge in [0.2, 0.25) is 0 Å². The molecule has 0 saturated carbocycles. The third-order valence-corrected chi connectivity index (χ3v) is 3.53. The standard InChI is InChI=1S/C15H16Cl2FN3/c1-3-19-14-12(16)9-13(17)15(20-14)21(4-2)11-7-5-10(18)6-8-11/h5-9H,3-4H2,1-2H3,(H,19,20). The molecule has 0 atom stereocenters. The second-order valence-corrected chi connectivity index (χ2v) is 5.19. The number of nitrogens with one attached hydrogen (secondary N) is 1. The third-order valence-electron chi connectivity index (χ3n) is 2.97. The minimum Gasteiger partial charge on any atom is -0.369 e. The average molecular weight is 328 g/mol. The first kappa shape index (κ1) is 15.9.